The second kappa shape index (κ2) is 7.51. The molecule has 0 atom stereocenters. The van der Waals surface area contributed by atoms with Crippen LogP contribution in [0.5, 0.6) is 0 Å². The van der Waals surface area contributed by atoms with Gasteiger partial charge in [0, 0.05) is 17.5 Å². The van der Waals surface area contributed by atoms with E-state index in [-0.39, 0.29) is 16.9 Å². The van der Waals surface area contributed by atoms with Crippen LogP contribution in [0.3, 0.4) is 0 Å². The highest BCUT2D eigenvalue weighted by molar-refractivity contribution is 6.09. The van der Waals surface area contributed by atoms with E-state index >= 15 is 0 Å². The average Bonchev–Trinajstić information content (AvgIpc) is 2.94. The zero-order chi connectivity index (χ0) is 22.3. The Kier molecular flexibility index (Phi) is 5.36. The maximum atomic E-state index is 13.2. The van der Waals surface area contributed by atoms with Crippen molar-refractivity contribution >= 4 is 23.3 Å². The van der Waals surface area contributed by atoms with Gasteiger partial charge in [-0.2, -0.15) is 18.3 Å². The number of nitrogens with two attached hydrogens (primary N) is 1. The Morgan fingerprint density at radius 1 is 1.20 bits per heavy atom. The Bertz CT molecular complexity index is 1040. The van der Waals surface area contributed by atoms with Crippen molar-refractivity contribution in [2.75, 3.05) is 5.32 Å². The number of urea groups is 1. The summed E-state index contributed by atoms with van der Waals surface area (Å²) in [6.07, 6.45) is -3.64. The number of furan rings is 1. The molecule has 10 heteroatoms. The minimum absolute atomic E-state index is 0.110. The fourth-order valence-electron chi connectivity index (χ4n) is 3.57. The number of primary amides is 1. The lowest BCUT2D eigenvalue weighted by Gasteiger charge is -2.29. The number of nitrogens with one attached hydrogen (secondary N) is 2. The lowest BCUT2D eigenvalue weighted by Crippen LogP contribution is -2.31. The molecule has 0 aliphatic heterocycles. The van der Waals surface area contributed by atoms with Gasteiger partial charge in [0.1, 0.15) is 5.76 Å². The first-order valence-corrected chi connectivity index (χ1v) is 9.11. The van der Waals surface area contributed by atoms with Crippen LogP contribution in [0.2, 0.25) is 0 Å². The standard InChI is InChI=1S/C20H21F3N4O3/c1-10-15-13(26-27-18(24)29)8-19(2,3)9-14(15)30-16(10)17(28)25-12-7-5-4-6-11(12)20(21,22)23/h4-7H,8-9H2,1-3H3,(H,25,28)(H3,24,27,29)/b26-13-. The number of hydrazone groups is 1. The van der Waals surface area contributed by atoms with Gasteiger partial charge in [-0.15, -0.1) is 0 Å². The van der Waals surface area contributed by atoms with Gasteiger partial charge < -0.3 is 15.5 Å². The molecule has 0 fully saturated rings. The molecule has 7 nitrogen and oxygen atoms in total. The number of amides is 3. The number of hydrogen-bond donors (Lipinski definition) is 3. The van der Waals surface area contributed by atoms with Gasteiger partial charge in [0.15, 0.2) is 5.76 Å². The van der Waals surface area contributed by atoms with Crippen LogP contribution in [0.25, 0.3) is 0 Å². The summed E-state index contributed by atoms with van der Waals surface area (Å²) in [6.45, 7) is 5.55. The van der Waals surface area contributed by atoms with E-state index in [2.05, 4.69) is 15.8 Å². The highest BCUT2D eigenvalue weighted by Crippen LogP contribution is 2.39. The lowest BCUT2D eigenvalue weighted by molar-refractivity contribution is -0.136. The molecule has 1 aliphatic rings. The number of para-hydroxylation sites is 1. The van der Waals surface area contributed by atoms with E-state index in [1.807, 2.05) is 13.8 Å². The Morgan fingerprint density at radius 3 is 2.50 bits per heavy atom. The van der Waals surface area contributed by atoms with Gasteiger partial charge in [-0.25, -0.2) is 10.2 Å². The average molecular weight is 422 g/mol. The van der Waals surface area contributed by atoms with Gasteiger partial charge in [0.05, 0.1) is 17.0 Å². The summed E-state index contributed by atoms with van der Waals surface area (Å²) in [5.74, 6) is -0.442. The number of rotatable bonds is 3. The van der Waals surface area contributed by atoms with Gasteiger partial charge in [-0.1, -0.05) is 26.0 Å². The Balaban J connectivity index is 1.99. The predicted octanol–water partition coefficient (Wildman–Crippen LogP) is 4.20. The molecule has 0 bridgehead atoms. The van der Waals surface area contributed by atoms with E-state index in [0.717, 1.165) is 6.07 Å². The van der Waals surface area contributed by atoms with E-state index in [9.17, 15) is 22.8 Å². The summed E-state index contributed by atoms with van der Waals surface area (Å²) in [5, 5.41) is 6.32. The number of carbonyl (C=O) groups is 2. The first kappa shape index (κ1) is 21.4. The molecule has 3 rings (SSSR count). The van der Waals surface area contributed by atoms with Crippen molar-refractivity contribution in [3.05, 3.63) is 52.5 Å². The molecule has 3 amide bonds. The van der Waals surface area contributed by atoms with Gasteiger partial charge >= 0.3 is 12.2 Å². The second-order valence-electron chi connectivity index (χ2n) is 7.90. The summed E-state index contributed by atoms with van der Waals surface area (Å²) in [7, 11) is 0. The van der Waals surface area contributed by atoms with Crippen LogP contribution in [0, 0.1) is 12.3 Å². The van der Waals surface area contributed by atoms with Crippen molar-refractivity contribution < 1.29 is 27.2 Å². The molecule has 1 heterocycles. The number of anilines is 1. The van der Waals surface area contributed by atoms with E-state index in [0.29, 0.717) is 35.4 Å². The summed E-state index contributed by atoms with van der Waals surface area (Å²) in [6, 6.07) is 3.86. The Morgan fingerprint density at radius 2 is 1.87 bits per heavy atom. The van der Waals surface area contributed by atoms with Crippen molar-refractivity contribution in [1.29, 1.82) is 0 Å². The summed E-state index contributed by atoms with van der Waals surface area (Å²) >= 11 is 0. The molecule has 1 aromatic carbocycles. The number of carbonyl (C=O) groups excluding carboxylic acids is 2. The van der Waals surface area contributed by atoms with Crippen LogP contribution in [0.1, 0.15) is 53.3 Å². The topological polar surface area (TPSA) is 110 Å². The second-order valence-corrected chi connectivity index (χ2v) is 7.90. The molecule has 30 heavy (non-hydrogen) atoms. The van der Waals surface area contributed by atoms with Crippen LogP contribution in [0.4, 0.5) is 23.7 Å². The monoisotopic (exact) mass is 422 g/mol. The Labute approximate surface area is 170 Å². The van der Waals surface area contributed by atoms with E-state index in [4.69, 9.17) is 10.2 Å². The fourth-order valence-corrected chi connectivity index (χ4v) is 3.57. The summed E-state index contributed by atoms with van der Waals surface area (Å²) in [4.78, 5) is 23.8. The number of hydrogen-bond acceptors (Lipinski definition) is 4. The molecule has 1 aliphatic carbocycles. The van der Waals surface area contributed by atoms with Gasteiger partial charge in [0.25, 0.3) is 5.91 Å². The highest BCUT2D eigenvalue weighted by Gasteiger charge is 2.37. The maximum Gasteiger partial charge on any atom is 0.418 e. The number of nitrogens with zero attached hydrogens (tertiary/aromatic N) is 1. The van der Waals surface area contributed by atoms with Crippen LogP contribution in [-0.4, -0.2) is 17.6 Å². The lowest BCUT2D eigenvalue weighted by atomic mass is 9.75. The molecule has 1 aromatic heterocycles. The Hall–Kier alpha value is -3.30. The molecular weight excluding hydrogens is 401 g/mol. The molecule has 2 aromatic rings. The normalized spacial score (nSPS) is 16.8. The smallest absolute Gasteiger partial charge is 0.418 e. The molecule has 0 saturated heterocycles. The fraction of sp³-hybridized carbons (Fsp3) is 0.350. The maximum absolute atomic E-state index is 13.2. The molecule has 0 spiro atoms. The molecule has 160 valence electrons. The van der Waals surface area contributed by atoms with Crippen molar-refractivity contribution in [1.82, 2.24) is 5.43 Å². The zero-order valence-electron chi connectivity index (χ0n) is 16.6. The highest BCUT2D eigenvalue weighted by atomic mass is 19.4. The quantitative estimate of drug-likeness (QED) is 0.645. The van der Waals surface area contributed by atoms with Crippen molar-refractivity contribution in [3.63, 3.8) is 0 Å². The molecule has 4 N–H and O–H groups in total. The van der Waals surface area contributed by atoms with E-state index in [1.54, 1.807) is 6.92 Å². The third-order valence-corrected chi connectivity index (χ3v) is 4.78. The number of halogens is 3. The third-order valence-electron chi connectivity index (χ3n) is 4.78. The van der Waals surface area contributed by atoms with Crippen LogP contribution in [0.15, 0.2) is 33.8 Å². The van der Waals surface area contributed by atoms with E-state index < -0.39 is 23.7 Å². The van der Waals surface area contributed by atoms with Crippen LogP contribution >= 0.6 is 0 Å². The first-order valence-electron chi connectivity index (χ1n) is 9.11. The van der Waals surface area contributed by atoms with Gasteiger partial charge in [-0.05, 0) is 30.9 Å². The minimum Gasteiger partial charge on any atom is -0.455 e. The minimum atomic E-state index is -4.62. The summed E-state index contributed by atoms with van der Waals surface area (Å²) < 4.78 is 45.4. The molecular formula is C20H21F3N4O3. The van der Waals surface area contributed by atoms with E-state index in [1.165, 1.54) is 18.2 Å². The number of benzene rings is 1. The SMILES string of the molecule is Cc1c(C(=O)Nc2ccccc2C(F)(F)F)oc2c1/C(=N\NC(N)=O)CC(C)(C)C2. The zero-order valence-corrected chi connectivity index (χ0v) is 16.6. The molecule has 0 unspecified atom stereocenters. The van der Waals surface area contributed by atoms with Crippen molar-refractivity contribution in [3.8, 4) is 0 Å². The largest absolute Gasteiger partial charge is 0.455 e. The van der Waals surface area contributed by atoms with Crippen LogP contribution < -0.4 is 16.5 Å². The van der Waals surface area contributed by atoms with Crippen molar-refractivity contribution in [2.45, 2.75) is 39.8 Å². The number of alkyl halides is 3. The predicted molar refractivity (Wildman–Crippen MR) is 104 cm³/mol. The third kappa shape index (κ3) is 4.32. The summed E-state index contributed by atoms with van der Waals surface area (Å²) in [5.41, 5.74) is 7.13. The van der Waals surface area contributed by atoms with Crippen LogP contribution in [-0.2, 0) is 12.6 Å². The molecule has 0 radical (unpaired) electrons. The molecule has 0 saturated carbocycles. The van der Waals surface area contributed by atoms with Crippen molar-refractivity contribution in [2.24, 2.45) is 16.3 Å². The van der Waals surface area contributed by atoms with Gasteiger partial charge in [-0.3, -0.25) is 4.79 Å². The van der Waals surface area contributed by atoms with Gasteiger partial charge in [0.2, 0.25) is 0 Å². The number of fused-ring (bicyclic) bond motifs is 1. The first-order chi connectivity index (χ1) is 13.9.